The number of hydrogen-bond donors (Lipinski definition) is 2. The van der Waals surface area contributed by atoms with E-state index in [1.54, 1.807) is 0 Å². The number of benzene rings is 1. The summed E-state index contributed by atoms with van der Waals surface area (Å²) in [5.41, 5.74) is 13.4. The van der Waals surface area contributed by atoms with Gasteiger partial charge in [-0.15, -0.1) is 0 Å². The Morgan fingerprint density at radius 2 is 2.00 bits per heavy atom. The second-order valence-electron chi connectivity index (χ2n) is 7.50. The highest BCUT2D eigenvalue weighted by atomic mass is 16.5. The van der Waals surface area contributed by atoms with Crippen molar-refractivity contribution in [2.24, 2.45) is 11.5 Å². The van der Waals surface area contributed by atoms with Crippen LogP contribution in [-0.2, 0) is 0 Å². The standard InChI is InChI=1S/C22H31N5O2/c1-3-4-5-6-7-8-14-28-19-12-11-17(15-16(19)2)20-25-21(29-26-20)18-10-9-13-27(18)22(23)24/h9-12,15,18H,3-8,13-14H2,1-2H3,(H3,23,24)/p+1/t18-/m0/s1. The average molecular weight is 399 g/mol. The van der Waals surface area contributed by atoms with Gasteiger partial charge in [0.15, 0.2) is 6.04 Å². The molecule has 0 unspecified atom stereocenters. The van der Waals surface area contributed by atoms with Gasteiger partial charge >= 0.3 is 5.96 Å². The second-order valence-corrected chi connectivity index (χ2v) is 7.50. The zero-order valence-corrected chi connectivity index (χ0v) is 17.4. The van der Waals surface area contributed by atoms with Gasteiger partial charge in [-0.25, -0.2) is 4.58 Å². The van der Waals surface area contributed by atoms with Gasteiger partial charge in [-0.05, 0) is 43.2 Å². The predicted octanol–water partition coefficient (Wildman–Crippen LogP) is 3.68. The van der Waals surface area contributed by atoms with Gasteiger partial charge in [0.2, 0.25) is 5.82 Å². The van der Waals surface area contributed by atoms with Crippen LogP contribution in [0.25, 0.3) is 11.4 Å². The molecule has 1 aliphatic heterocycles. The summed E-state index contributed by atoms with van der Waals surface area (Å²) in [4.78, 5) is 4.54. The van der Waals surface area contributed by atoms with Crippen LogP contribution in [0.5, 0.6) is 5.75 Å². The summed E-state index contributed by atoms with van der Waals surface area (Å²) in [6, 6.07) is 5.74. The molecule has 29 heavy (non-hydrogen) atoms. The van der Waals surface area contributed by atoms with Crippen LogP contribution in [0.3, 0.4) is 0 Å². The van der Waals surface area contributed by atoms with Crippen molar-refractivity contribution in [3.05, 3.63) is 41.8 Å². The molecule has 7 heteroatoms. The van der Waals surface area contributed by atoms with Crippen molar-refractivity contribution >= 4 is 5.96 Å². The van der Waals surface area contributed by atoms with Crippen molar-refractivity contribution in [3.8, 4) is 17.1 Å². The predicted molar refractivity (Wildman–Crippen MR) is 114 cm³/mol. The molecule has 0 fully saturated rings. The Balaban J connectivity index is 1.59. The number of guanidine groups is 1. The van der Waals surface area contributed by atoms with Crippen molar-refractivity contribution in [2.75, 3.05) is 13.2 Å². The molecule has 3 rings (SSSR count). The molecule has 0 aliphatic carbocycles. The third kappa shape index (κ3) is 5.37. The zero-order valence-electron chi connectivity index (χ0n) is 17.4. The molecule has 0 saturated heterocycles. The molecule has 1 atom stereocenters. The first-order valence-electron chi connectivity index (χ1n) is 10.5. The molecule has 0 saturated carbocycles. The molecule has 0 amide bonds. The van der Waals surface area contributed by atoms with E-state index in [0.717, 1.165) is 29.9 Å². The quantitative estimate of drug-likeness (QED) is 0.274. The van der Waals surface area contributed by atoms with Crippen LogP contribution in [0, 0.1) is 6.92 Å². The molecular formula is C22H32N5O2+. The minimum absolute atomic E-state index is 0.220. The Morgan fingerprint density at radius 3 is 2.76 bits per heavy atom. The first kappa shape index (κ1) is 20.9. The fourth-order valence-corrected chi connectivity index (χ4v) is 3.49. The third-order valence-electron chi connectivity index (χ3n) is 5.17. The Bertz CT molecular complexity index is 868. The van der Waals surface area contributed by atoms with Crippen LogP contribution in [-0.4, -0.2) is 33.8 Å². The maximum atomic E-state index is 5.95. The summed E-state index contributed by atoms with van der Waals surface area (Å²) in [6.07, 6.45) is 11.5. The molecule has 1 aromatic heterocycles. The summed E-state index contributed by atoms with van der Waals surface area (Å²) in [6.45, 7) is 5.65. The Morgan fingerprint density at radius 1 is 1.21 bits per heavy atom. The van der Waals surface area contributed by atoms with Gasteiger partial charge in [0, 0.05) is 5.56 Å². The van der Waals surface area contributed by atoms with Crippen LogP contribution in [0.4, 0.5) is 0 Å². The lowest BCUT2D eigenvalue weighted by Gasteiger charge is -2.10. The van der Waals surface area contributed by atoms with Crippen molar-refractivity contribution in [1.82, 2.24) is 10.1 Å². The van der Waals surface area contributed by atoms with E-state index in [1.807, 2.05) is 41.9 Å². The molecule has 0 radical (unpaired) electrons. The summed E-state index contributed by atoms with van der Waals surface area (Å²) in [5.74, 6) is 2.16. The highest BCUT2D eigenvalue weighted by molar-refractivity contribution is 5.70. The second kappa shape index (κ2) is 10.1. The summed E-state index contributed by atoms with van der Waals surface area (Å²) in [7, 11) is 0. The maximum absolute atomic E-state index is 5.95. The average Bonchev–Trinajstić information content (AvgIpc) is 3.37. The van der Waals surface area contributed by atoms with E-state index in [9.17, 15) is 0 Å². The van der Waals surface area contributed by atoms with E-state index in [2.05, 4.69) is 17.1 Å². The Hall–Kier alpha value is -2.83. The fourth-order valence-electron chi connectivity index (χ4n) is 3.49. The van der Waals surface area contributed by atoms with E-state index >= 15 is 0 Å². The van der Waals surface area contributed by atoms with E-state index in [4.69, 9.17) is 20.7 Å². The van der Waals surface area contributed by atoms with Gasteiger partial charge in [-0.3, -0.25) is 11.5 Å². The number of rotatable bonds is 10. The SMILES string of the molecule is CCCCCCCCOc1ccc(-c2noc([C@@H]3C=CC[N+]3=C(N)N)n2)cc1C. The minimum atomic E-state index is -0.220. The van der Waals surface area contributed by atoms with Crippen LogP contribution in [0.15, 0.2) is 34.9 Å². The summed E-state index contributed by atoms with van der Waals surface area (Å²) in [5, 5.41) is 4.13. The van der Waals surface area contributed by atoms with Gasteiger partial charge in [0.05, 0.1) is 13.2 Å². The number of aromatic nitrogens is 2. The molecule has 2 heterocycles. The Labute approximate surface area is 172 Å². The van der Waals surface area contributed by atoms with Crippen LogP contribution >= 0.6 is 0 Å². The zero-order chi connectivity index (χ0) is 20.6. The first-order chi connectivity index (χ1) is 14.1. The van der Waals surface area contributed by atoms with Gasteiger partial charge in [-0.2, -0.15) is 4.98 Å². The van der Waals surface area contributed by atoms with Gasteiger partial charge in [0.1, 0.15) is 5.75 Å². The third-order valence-corrected chi connectivity index (χ3v) is 5.17. The van der Waals surface area contributed by atoms with Crippen molar-refractivity contribution in [2.45, 2.75) is 58.4 Å². The number of unbranched alkanes of at least 4 members (excludes halogenated alkanes) is 5. The number of aryl methyl sites for hydroxylation is 1. The lowest BCUT2D eigenvalue weighted by molar-refractivity contribution is -0.547. The molecule has 4 N–H and O–H groups in total. The summed E-state index contributed by atoms with van der Waals surface area (Å²) >= 11 is 0. The topological polar surface area (TPSA) is 103 Å². The van der Waals surface area contributed by atoms with Crippen LogP contribution in [0.2, 0.25) is 0 Å². The van der Waals surface area contributed by atoms with Gasteiger partial charge in [0.25, 0.3) is 5.89 Å². The molecule has 0 bridgehead atoms. The van der Waals surface area contributed by atoms with E-state index < -0.39 is 0 Å². The van der Waals surface area contributed by atoms with Crippen LogP contribution < -0.4 is 16.2 Å². The molecule has 2 aromatic rings. The fraction of sp³-hybridized carbons (Fsp3) is 0.500. The molecule has 7 nitrogen and oxygen atoms in total. The van der Waals surface area contributed by atoms with Crippen molar-refractivity contribution in [1.29, 1.82) is 0 Å². The van der Waals surface area contributed by atoms with Gasteiger partial charge < -0.3 is 9.26 Å². The van der Waals surface area contributed by atoms with E-state index in [-0.39, 0.29) is 12.0 Å². The summed E-state index contributed by atoms with van der Waals surface area (Å²) < 4.78 is 13.2. The first-order valence-corrected chi connectivity index (χ1v) is 10.5. The maximum Gasteiger partial charge on any atom is 0.342 e. The lowest BCUT2D eigenvalue weighted by Crippen LogP contribution is -2.36. The number of ether oxygens (including phenoxy) is 1. The van der Waals surface area contributed by atoms with E-state index in [1.165, 1.54) is 32.1 Å². The number of nitrogens with zero attached hydrogens (tertiary/aromatic N) is 3. The highest BCUT2D eigenvalue weighted by Crippen LogP contribution is 2.27. The normalized spacial score (nSPS) is 15.8. The highest BCUT2D eigenvalue weighted by Gasteiger charge is 2.27. The smallest absolute Gasteiger partial charge is 0.342 e. The van der Waals surface area contributed by atoms with Crippen molar-refractivity contribution < 1.29 is 13.8 Å². The minimum Gasteiger partial charge on any atom is -0.493 e. The largest absolute Gasteiger partial charge is 0.493 e. The number of hydrogen-bond acceptors (Lipinski definition) is 4. The molecule has 156 valence electrons. The number of nitrogens with two attached hydrogens (primary N) is 2. The van der Waals surface area contributed by atoms with E-state index in [0.29, 0.717) is 18.3 Å². The van der Waals surface area contributed by atoms with Crippen molar-refractivity contribution in [3.63, 3.8) is 0 Å². The molecule has 1 aromatic carbocycles. The monoisotopic (exact) mass is 398 g/mol. The van der Waals surface area contributed by atoms with Gasteiger partial charge in [-0.1, -0.05) is 50.3 Å². The molecular weight excluding hydrogens is 366 g/mol. The molecule has 0 spiro atoms. The Kier molecular flexibility index (Phi) is 7.27. The van der Waals surface area contributed by atoms with Crippen LogP contribution in [0.1, 0.15) is 62.9 Å². The lowest BCUT2D eigenvalue weighted by atomic mass is 10.1. The molecule has 1 aliphatic rings.